The van der Waals surface area contributed by atoms with Crippen LogP contribution in [-0.4, -0.2) is 31.1 Å². The van der Waals surface area contributed by atoms with E-state index in [1.54, 1.807) is 0 Å². The van der Waals surface area contributed by atoms with Crippen molar-refractivity contribution in [2.24, 2.45) is 33.7 Å². The van der Waals surface area contributed by atoms with Gasteiger partial charge in [0.1, 0.15) is 0 Å². The van der Waals surface area contributed by atoms with Crippen LogP contribution in [0.5, 0.6) is 0 Å². The van der Waals surface area contributed by atoms with E-state index in [1.165, 1.54) is 11.1 Å². The number of hydrazone groups is 1. The molecule has 0 saturated heterocycles. The summed E-state index contributed by atoms with van der Waals surface area (Å²) in [4.78, 5) is 2.32. The number of nitrogens with one attached hydrogen (secondary N) is 1. The number of aliphatic hydroxyl groups is 1. The van der Waals surface area contributed by atoms with Gasteiger partial charge in [-0.3, -0.25) is 0 Å². The Labute approximate surface area is 169 Å². The second-order valence-corrected chi connectivity index (χ2v) is 12.0. The minimum atomic E-state index is -3.33. The first-order valence-corrected chi connectivity index (χ1v) is 12.4. The number of sulfonamides is 1. The summed E-state index contributed by atoms with van der Waals surface area (Å²) in [5.74, 6) is 1.67. The fraction of sp³-hybridized carbons (Fsp3) is 0.773. The molecule has 28 heavy (non-hydrogen) atoms. The topological polar surface area (TPSA) is 78.8 Å². The number of hydrogen-bond donors (Lipinski definition) is 2. The molecule has 0 unspecified atom stereocenters. The van der Waals surface area contributed by atoms with Crippen molar-refractivity contribution < 1.29 is 13.5 Å². The highest BCUT2D eigenvalue weighted by atomic mass is 32.2. The maximum atomic E-state index is 11.4. The van der Waals surface area contributed by atoms with Gasteiger partial charge in [0, 0.05) is 5.41 Å². The zero-order chi connectivity index (χ0) is 20.5. The molecule has 0 aliphatic heterocycles. The molecule has 0 aromatic carbocycles. The molecule has 4 rings (SSSR count). The Morgan fingerprint density at radius 2 is 1.89 bits per heavy atom. The molecule has 0 aromatic rings. The van der Waals surface area contributed by atoms with E-state index >= 15 is 0 Å². The summed E-state index contributed by atoms with van der Waals surface area (Å²) in [7, 11) is -3.33. The maximum absolute atomic E-state index is 11.4. The Morgan fingerprint density at radius 3 is 2.57 bits per heavy atom. The molecule has 0 spiro atoms. The van der Waals surface area contributed by atoms with Gasteiger partial charge in [-0.2, -0.15) is 5.10 Å². The molecule has 6 heteroatoms. The van der Waals surface area contributed by atoms with Gasteiger partial charge in [-0.25, -0.2) is 13.2 Å². The average molecular weight is 407 g/mol. The summed E-state index contributed by atoms with van der Waals surface area (Å²) in [5, 5.41) is 15.2. The fourth-order valence-electron chi connectivity index (χ4n) is 6.95. The lowest BCUT2D eigenvalue weighted by molar-refractivity contribution is -0.105. The van der Waals surface area contributed by atoms with E-state index < -0.39 is 15.6 Å². The van der Waals surface area contributed by atoms with Crippen LogP contribution in [0.2, 0.25) is 0 Å². The molecule has 0 aromatic heterocycles. The summed E-state index contributed by atoms with van der Waals surface area (Å²) >= 11 is 0. The predicted octanol–water partition coefficient (Wildman–Crippen LogP) is 3.77. The molecule has 2 saturated carbocycles. The van der Waals surface area contributed by atoms with Crippen LogP contribution >= 0.6 is 0 Å². The molecule has 0 radical (unpaired) electrons. The van der Waals surface area contributed by atoms with Crippen LogP contribution < -0.4 is 4.83 Å². The van der Waals surface area contributed by atoms with Crippen molar-refractivity contribution in [3.8, 4) is 0 Å². The Balaban J connectivity index is 1.66. The first-order valence-electron chi connectivity index (χ1n) is 10.5. The zero-order valence-corrected chi connectivity index (χ0v) is 18.6. The molecule has 4 aliphatic carbocycles. The zero-order valence-electron chi connectivity index (χ0n) is 17.7. The predicted molar refractivity (Wildman–Crippen MR) is 112 cm³/mol. The van der Waals surface area contributed by atoms with E-state index in [2.05, 4.69) is 36.8 Å². The molecule has 0 heterocycles. The SMILES string of the molecule is CC1=C2CC[C@@H]3[C@H](CC[C@@]4(C)[C@H]3C=C[C@]4(C)O)[C@@]2(C)CC/C1=N\NS(C)(=O)=O. The van der Waals surface area contributed by atoms with Crippen molar-refractivity contribution in [1.29, 1.82) is 0 Å². The summed E-state index contributed by atoms with van der Waals surface area (Å²) in [6.07, 6.45) is 11.7. The van der Waals surface area contributed by atoms with Crippen LogP contribution in [0.1, 0.15) is 66.2 Å². The van der Waals surface area contributed by atoms with Crippen LogP contribution in [0.4, 0.5) is 0 Å². The highest BCUT2D eigenvalue weighted by Gasteiger charge is 2.60. The third kappa shape index (κ3) is 2.82. The summed E-state index contributed by atoms with van der Waals surface area (Å²) in [6.45, 7) is 8.78. The monoisotopic (exact) mass is 406 g/mol. The molecule has 2 fully saturated rings. The van der Waals surface area contributed by atoms with Crippen LogP contribution in [0.15, 0.2) is 28.4 Å². The first kappa shape index (κ1) is 20.1. The third-order valence-corrected chi connectivity index (χ3v) is 9.24. The van der Waals surface area contributed by atoms with E-state index in [-0.39, 0.29) is 10.8 Å². The van der Waals surface area contributed by atoms with Crippen LogP contribution in [0.3, 0.4) is 0 Å². The van der Waals surface area contributed by atoms with Gasteiger partial charge in [-0.1, -0.05) is 31.6 Å². The van der Waals surface area contributed by atoms with Gasteiger partial charge in [0.2, 0.25) is 10.0 Å². The van der Waals surface area contributed by atoms with E-state index in [4.69, 9.17) is 0 Å². The van der Waals surface area contributed by atoms with E-state index in [0.29, 0.717) is 17.8 Å². The number of allylic oxidation sites excluding steroid dienone is 3. The minimum absolute atomic E-state index is 0.0541. The molecule has 4 aliphatic rings. The van der Waals surface area contributed by atoms with Crippen LogP contribution in [-0.2, 0) is 10.0 Å². The van der Waals surface area contributed by atoms with E-state index in [9.17, 15) is 13.5 Å². The van der Waals surface area contributed by atoms with Gasteiger partial charge < -0.3 is 5.11 Å². The molecule has 2 N–H and O–H groups in total. The number of hydrogen-bond acceptors (Lipinski definition) is 4. The molecule has 0 bridgehead atoms. The molecule has 0 amide bonds. The van der Waals surface area contributed by atoms with Crippen LogP contribution in [0.25, 0.3) is 0 Å². The Kier molecular flexibility index (Phi) is 4.45. The normalized spacial score (nSPS) is 46.9. The lowest BCUT2D eigenvalue weighted by Gasteiger charge is -2.59. The highest BCUT2D eigenvalue weighted by Crippen LogP contribution is 2.66. The Morgan fingerprint density at radius 1 is 1.18 bits per heavy atom. The molecular weight excluding hydrogens is 372 g/mol. The number of rotatable bonds is 2. The molecular formula is C22H34N2O3S. The average Bonchev–Trinajstić information content (AvgIpc) is 2.83. The Bertz CT molecular complexity index is 885. The maximum Gasteiger partial charge on any atom is 0.244 e. The smallest absolute Gasteiger partial charge is 0.244 e. The van der Waals surface area contributed by atoms with E-state index in [1.807, 2.05) is 13.0 Å². The quantitative estimate of drug-likeness (QED) is 0.541. The lowest BCUT2D eigenvalue weighted by Crippen LogP contribution is -2.54. The lowest BCUT2D eigenvalue weighted by atomic mass is 9.46. The summed E-state index contributed by atoms with van der Waals surface area (Å²) in [5.41, 5.74) is 2.94. The number of fused-ring (bicyclic) bond motifs is 5. The van der Waals surface area contributed by atoms with Crippen molar-refractivity contribution in [3.05, 3.63) is 23.3 Å². The van der Waals surface area contributed by atoms with Gasteiger partial charge in [0.05, 0.1) is 17.6 Å². The van der Waals surface area contributed by atoms with Gasteiger partial charge >= 0.3 is 0 Å². The highest BCUT2D eigenvalue weighted by molar-refractivity contribution is 7.88. The van der Waals surface area contributed by atoms with Gasteiger partial charge in [0.15, 0.2) is 0 Å². The van der Waals surface area contributed by atoms with Crippen molar-refractivity contribution in [2.45, 2.75) is 71.8 Å². The fourth-order valence-corrected chi connectivity index (χ4v) is 7.22. The standard InChI is InChI=1S/C22H34N2O3S/c1-14-16-7-6-15-17(8-12-21(3)18(15)9-13-22(21,4)25)20(16,2)11-10-19(14)23-24-28(5,26)27/h9,13,15,17-18,24-25H,6-8,10-12H2,1-5H3/b23-19+/t15-,17+,18+,20+,21+,22+/m1/s1. The second kappa shape index (κ2) is 6.18. The van der Waals surface area contributed by atoms with Crippen molar-refractivity contribution in [3.63, 3.8) is 0 Å². The van der Waals surface area contributed by atoms with Crippen molar-refractivity contribution in [1.82, 2.24) is 4.83 Å². The van der Waals surface area contributed by atoms with Gasteiger partial charge in [-0.15, -0.1) is 0 Å². The van der Waals surface area contributed by atoms with Gasteiger partial charge in [-0.05, 0) is 81.1 Å². The number of nitrogens with zero attached hydrogens (tertiary/aromatic N) is 1. The third-order valence-electron chi connectivity index (χ3n) is 8.82. The molecule has 156 valence electrons. The minimum Gasteiger partial charge on any atom is -0.385 e. The largest absolute Gasteiger partial charge is 0.385 e. The van der Waals surface area contributed by atoms with Crippen molar-refractivity contribution >= 4 is 15.7 Å². The molecule has 5 nitrogen and oxygen atoms in total. The Hall–Kier alpha value is -1.14. The first-order chi connectivity index (χ1) is 12.9. The summed E-state index contributed by atoms with van der Waals surface area (Å²) in [6, 6.07) is 0. The van der Waals surface area contributed by atoms with Crippen molar-refractivity contribution in [2.75, 3.05) is 6.26 Å². The second-order valence-electron chi connectivity index (χ2n) is 10.2. The molecule has 6 atom stereocenters. The van der Waals surface area contributed by atoms with Crippen LogP contribution in [0, 0.1) is 28.6 Å². The van der Waals surface area contributed by atoms with E-state index in [0.717, 1.165) is 50.5 Å². The van der Waals surface area contributed by atoms with Gasteiger partial charge in [0.25, 0.3) is 0 Å². The summed E-state index contributed by atoms with van der Waals surface area (Å²) < 4.78 is 22.9.